The molecule has 0 aliphatic carbocycles. The van der Waals surface area contributed by atoms with E-state index in [9.17, 15) is 8.42 Å². The first kappa shape index (κ1) is 18.5. The first-order chi connectivity index (χ1) is 10.7. The van der Waals surface area contributed by atoms with Crippen LogP contribution in [0.15, 0.2) is 45.8 Å². The summed E-state index contributed by atoms with van der Waals surface area (Å²) in [5, 5.41) is 0.139. The zero-order chi connectivity index (χ0) is 17.2. The maximum Gasteiger partial charge on any atom is 0.243 e. The van der Waals surface area contributed by atoms with E-state index in [0.717, 1.165) is 11.3 Å². The van der Waals surface area contributed by atoms with Crippen molar-refractivity contribution in [2.45, 2.75) is 11.4 Å². The van der Waals surface area contributed by atoms with Crippen LogP contribution in [0, 0.1) is 0 Å². The van der Waals surface area contributed by atoms with Gasteiger partial charge < -0.3 is 4.90 Å². The molecule has 0 radical (unpaired) electrons. The van der Waals surface area contributed by atoms with Crippen LogP contribution in [0.25, 0.3) is 0 Å². The summed E-state index contributed by atoms with van der Waals surface area (Å²) in [7, 11) is 0.0713. The number of benzene rings is 2. The van der Waals surface area contributed by atoms with E-state index in [1.807, 2.05) is 43.3 Å². The molecule has 0 unspecified atom stereocenters. The van der Waals surface area contributed by atoms with Crippen molar-refractivity contribution in [2.75, 3.05) is 19.0 Å². The van der Waals surface area contributed by atoms with Crippen molar-refractivity contribution >= 4 is 54.8 Å². The molecule has 2 aromatic rings. The smallest absolute Gasteiger partial charge is 0.243 e. The molecule has 0 saturated heterocycles. The van der Waals surface area contributed by atoms with Crippen LogP contribution in [0.2, 0.25) is 10.0 Å². The van der Waals surface area contributed by atoms with E-state index in [1.54, 1.807) is 0 Å². The maximum absolute atomic E-state index is 12.4. The zero-order valence-corrected chi connectivity index (χ0v) is 16.4. The quantitative estimate of drug-likeness (QED) is 0.758. The van der Waals surface area contributed by atoms with Gasteiger partial charge in [0.15, 0.2) is 0 Å². The van der Waals surface area contributed by atoms with Crippen molar-refractivity contribution in [1.82, 2.24) is 4.72 Å². The number of anilines is 1. The van der Waals surface area contributed by atoms with Crippen LogP contribution in [0.4, 0.5) is 5.69 Å². The van der Waals surface area contributed by atoms with Gasteiger partial charge in [0.2, 0.25) is 10.0 Å². The molecule has 0 aromatic heterocycles. The Morgan fingerprint density at radius 2 is 1.61 bits per heavy atom. The van der Waals surface area contributed by atoms with E-state index >= 15 is 0 Å². The monoisotopic (exact) mass is 436 g/mol. The van der Waals surface area contributed by atoms with E-state index in [1.165, 1.54) is 12.1 Å². The summed E-state index contributed by atoms with van der Waals surface area (Å²) in [4.78, 5) is 1.85. The summed E-state index contributed by atoms with van der Waals surface area (Å²) >= 11 is 15.3. The van der Waals surface area contributed by atoms with Crippen LogP contribution in [0.1, 0.15) is 5.56 Å². The van der Waals surface area contributed by atoms with E-state index in [2.05, 4.69) is 20.7 Å². The Kier molecular flexibility index (Phi) is 5.97. The second-order valence-electron chi connectivity index (χ2n) is 5.08. The highest BCUT2D eigenvalue weighted by molar-refractivity contribution is 9.10. The summed E-state index contributed by atoms with van der Waals surface area (Å²) < 4.78 is 28.0. The average Bonchev–Trinajstić information content (AvgIpc) is 2.44. The number of sulfonamides is 1. The Morgan fingerprint density at radius 1 is 1.09 bits per heavy atom. The van der Waals surface area contributed by atoms with Crippen LogP contribution < -0.4 is 9.62 Å². The fraction of sp³-hybridized carbons (Fsp3) is 0.200. The molecule has 23 heavy (non-hydrogen) atoms. The molecule has 2 rings (SSSR count). The van der Waals surface area contributed by atoms with Gasteiger partial charge in [0.1, 0.15) is 4.90 Å². The predicted molar refractivity (Wildman–Crippen MR) is 99.0 cm³/mol. The highest BCUT2D eigenvalue weighted by Gasteiger charge is 2.22. The van der Waals surface area contributed by atoms with Gasteiger partial charge in [-0.25, -0.2) is 13.1 Å². The number of rotatable bonds is 5. The fourth-order valence-corrected chi connectivity index (χ4v) is 4.90. The van der Waals surface area contributed by atoms with Crippen molar-refractivity contribution in [3.63, 3.8) is 0 Å². The average molecular weight is 438 g/mol. The molecule has 124 valence electrons. The molecular formula is C15H15BrCl2N2O2S. The Morgan fingerprint density at radius 3 is 2.09 bits per heavy atom. The third-order valence-corrected chi connectivity index (χ3v) is 5.93. The van der Waals surface area contributed by atoms with Gasteiger partial charge in [-0.3, -0.25) is 0 Å². The molecule has 2 aromatic carbocycles. The van der Waals surface area contributed by atoms with E-state index in [0.29, 0.717) is 4.47 Å². The van der Waals surface area contributed by atoms with Crippen LogP contribution in [-0.4, -0.2) is 22.5 Å². The molecule has 0 aliphatic heterocycles. The number of nitrogens with one attached hydrogen (secondary N) is 1. The van der Waals surface area contributed by atoms with Crippen LogP contribution in [0.3, 0.4) is 0 Å². The Labute approximate surface area is 154 Å². The molecule has 0 fully saturated rings. The fourth-order valence-electron chi connectivity index (χ4n) is 1.95. The van der Waals surface area contributed by atoms with E-state index in [4.69, 9.17) is 23.2 Å². The number of nitrogens with zero attached hydrogens (tertiary/aromatic N) is 1. The van der Waals surface area contributed by atoms with Crippen molar-refractivity contribution in [2.24, 2.45) is 0 Å². The van der Waals surface area contributed by atoms with E-state index < -0.39 is 10.0 Å². The Balaban J connectivity index is 2.19. The Hall–Kier alpha value is -0.790. The summed E-state index contributed by atoms with van der Waals surface area (Å²) in [5.41, 5.74) is 1.87. The molecule has 4 nitrogen and oxygen atoms in total. The third-order valence-electron chi connectivity index (χ3n) is 3.15. The number of hydrogen-bond acceptors (Lipinski definition) is 3. The molecule has 0 heterocycles. The molecule has 0 saturated carbocycles. The normalized spacial score (nSPS) is 11.5. The van der Waals surface area contributed by atoms with Crippen molar-refractivity contribution in [3.05, 3.63) is 56.5 Å². The SMILES string of the molecule is CN(C)c1ccc(CNS(=O)(=O)c2c(Cl)cc(Br)cc2Cl)cc1. The minimum absolute atomic E-state index is 0.0693. The van der Waals surface area contributed by atoms with Gasteiger partial charge in [-0.15, -0.1) is 0 Å². The molecule has 0 amide bonds. The van der Waals surface area contributed by atoms with Gasteiger partial charge in [-0.2, -0.15) is 0 Å². The van der Waals surface area contributed by atoms with Gasteiger partial charge in [-0.1, -0.05) is 51.3 Å². The number of hydrogen-bond donors (Lipinski definition) is 1. The van der Waals surface area contributed by atoms with Gasteiger partial charge in [0.05, 0.1) is 10.0 Å². The lowest BCUT2D eigenvalue weighted by Crippen LogP contribution is -2.24. The minimum atomic E-state index is -3.81. The highest BCUT2D eigenvalue weighted by atomic mass is 79.9. The summed E-state index contributed by atoms with van der Waals surface area (Å²) in [5.74, 6) is 0. The van der Waals surface area contributed by atoms with Crippen molar-refractivity contribution < 1.29 is 8.42 Å². The summed E-state index contributed by atoms with van der Waals surface area (Å²) in [6, 6.07) is 10.6. The van der Waals surface area contributed by atoms with Crippen molar-refractivity contribution in [1.29, 1.82) is 0 Å². The summed E-state index contributed by atoms with van der Waals surface area (Å²) in [6.07, 6.45) is 0. The second-order valence-corrected chi connectivity index (χ2v) is 8.52. The lowest BCUT2D eigenvalue weighted by Gasteiger charge is -2.13. The molecule has 8 heteroatoms. The van der Waals surface area contributed by atoms with E-state index in [-0.39, 0.29) is 21.5 Å². The topological polar surface area (TPSA) is 49.4 Å². The Bertz CT molecular complexity index is 786. The predicted octanol–water partition coefficient (Wildman–Crippen LogP) is 4.30. The van der Waals surface area contributed by atoms with Gasteiger partial charge in [0.25, 0.3) is 0 Å². The third kappa shape index (κ3) is 4.61. The lowest BCUT2D eigenvalue weighted by molar-refractivity contribution is 0.581. The maximum atomic E-state index is 12.4. The molecule has 0 aliphatic rings. The standard InChI is InChI=1S/C15H15BrCl2N2O2S/c1-20(2)12-5-3-10(4-6-12)9-19-23(21,22)15-13(17)7-11(16)8-14(15)18/h3-8,19H,9H2,1-2H3. The van der Waals surface area contributed by atoms with Crippen LogP contribution in [-0.2, 0) is 16.6 Å². The highest BCUT2D eigenvalue weighted by Crippen LogP contribution is 2.32. The molecule has 1 N–H and O–H groups in total. The molecule has 0 atom stereocenters. The van der Waals surface area contributed by atoms with Crippen molar-refractivity contribution in [3.8, 4) is 0 Å². The molecular weight excluding hydrogens is 423 g/mol. The molecule has 0 bridgehead atoms. The zero-order valence-electron chi connectivity index (χ0n) is 12.5. The summed E-state index contributed by atoms with van der Waals surface area (Å²) in [6.45, 7) is 0.152. The lowest BCUT2D eigenvalue weighted by atomic mass is 10.2. The van der Waals surface area contributed by atoms with Gasteiger partial charge >= 0.3 is 0 Å². The van der Waals surface area contributed by atoms with Crippen LogP contribution >= 0.6 is 39.1 Å². The van der Waals surface area contributed by atoms with Gasteiger partial charge in [0, 0.05) is 30.8 Å². The minimum Gasteiger partial charge on any atom is -0.378 e. The molecule has 0 spiro atoms. The van der Waals surface area contributed by atoms with Gasteiger partial charge in [-0.05, 0) is 29.8 Å². The first-order valence-electron chi connectivity index (χ1n) is 6.61. The van der Waals surface area contributed by atoms with Crippen LogP contribution in [0.5, 0.6) is 0 Å². The number of halogens is 3. The second kappa shape index (κ2) is 7.40. The first-order valence-corrected chi connectivity index (χ1v) is 9.64. The largest absolute Gasteiger partial charge is 0.378 e.